The summed E-state index contributed by atoms with van der Waals surface area (Å²) >= 11 is 0.682. The monoisotopic (exact) mass is 544 g/mol. The number of ether oxygens (including phenoxy) is 2. The predicted octanol–water partition coefficient (Wildman–Crippen LogP) is 3.68. The topological polar surface area (TPSA) is 127 Å². The van der Waals surface area contributed by atoms with Crippen LogP contribution in [0.25, 0.3) is 0 Å². The quantitative estimate of drug-likeness (QED) is 0.412. The number of amides is 2. The molecule has 0 aromatic heterocycles. The zero-order chi connectivity index (χ0) is 26.2. The van der Waals surface area contributed by atoms with Crippen LogP contribution in [0, 0.1) is 0 Å². The molecule has 0 atom stereocenters. The lowest BCUT2D eigenvalue weighted by Crippen LogP contribution is -2.32. The Morgan fingerprint density at radius 3 is 1.40 bits per heavy atom. The molecule has 0 saturated carbocycles. The highest BCUT2D eigenvalue weighted by Crippen LogP contribution is 2.25. The van der Waals surface area contributed by atoms with Crippen LogP contribution in [0.3, 0.4) is 0 Å². The van der Waals surface area contributed by atoms with Crippen LogP contribution in [0.15, 0.2) is 48.5 Å². The van der Waals surface area contributed by atoms with Gasteiger partial charge in [0.1, 0.15) is 11.5 Å². The average molecular weight is 545 g/mol. The molecule has 0 spiro atoms. The lowest BCUT2D eigenvalue weighted by molar-refractivity contribution is 0.181. The highest BCUT2D eigenvalue weighted by molar-refractivity contribution is 7.95. The van der Waals surface area contributed by atoms with Crippen LogP contribution in [0.1, 0.15) is 25.0 Å². The minimum Gasteiger partial charge on any atom is -0.409 e. The molecule has 192 valence electrons. The van der Waals surface area contributed by atoms with E-state index in [1.807, 2.05) is 0 Å². The van der Waals surface area contributed by atoms with Gasteiger partial charge in [0, 0.05) is 36.7 Å². The Balaban J connectivity index is 2.04. The van der Waals surface area contributed by atoms with Gasteiger partial charge in [-0.2, -0.15) is 0 Å². The summed E-state index contributed by atoms with van der Waals surface area (Å²) in [6.45, 7) is 3.06. The first-order valence-corrected chi connectivity index (χ1v) is 14.9. The molecular weight excluding hydrogens is 516 g/mol. The minimum absolute atomic E-state index is 0.0502. The number of nitrogens with zero attached hydrogens (tertiary/aromatic N) is 2. The van der Waals surface area contributed by atoms with Gasteiger partial charge in [-0.25, -0.2) is 35.0 Å². The third kappa shape index (κ3) is 8.75. The number of rotatable bonds is 10. The number of benzene rings is 2. The molecule has 0 radical (unpaired) electrons. The van der Waals surface area contributed by atoms with Crippen LogP contribution in [0.4, 0.5) is 9.59 Å². The number of carbonyl (C=O) groups is 2. The Bertz CT molecular complexity index is 1170. The average Bonchev–Trinajstić information content (AvgIpc) is 2.81. The highest BCUT2D eigenvalue weighted by atomic mass is 32.2. The van der Waals surface area contributed by atoms with E-state index in [2.05, 4.69) is 0 Å². The van der Waals surface area contributed by atoms with Crippen molar-refractivity contribution in [2.24, 2.45) is 0 Å². The smallest absolute Gasteiger partial charge is 0.409 e. The number of hydrogen-bond donors (Lipinski definition) is 0. The molecule has 0 bridgehead atoms. The summed E-state index contributed by atoms with van der Waals surface area (Å²) in [5.74, 6) is -0.458. The largest absolute Gasteiger partial charge is 0.426 e. The Hall–Kier alpha value is -2.77. The van der Waals surface area contributed by atoms with E-state index in [1.54, 1.807) is 36.4 Å². The Kier molecular flexibility index (Phi) is 9.98. The van der Waals surface area contributed by atoms with Crippen molar-refractivity contribution in [2.75, 3.05) is 25.6 Å². The second kappa shape index (κ2) is 12.3. The van der Waals surface area contributed by atoms with Crippen molar-refractivity contribution in [3.05, 3.63) is 59.7 Å². The molecule has 2 amide bonds. The summed E-state index contributed by atoms with van der Waals surface area (Å²) in [6, 6.07) is 12.6. The summed E-state index contributed by atoms with van der Waals surface area (Å²) in [4.78, 5) is 25.1. The van der Waals surface area contributed by atoms with Crippen LogP contribution in [0.5, 0.6) is 11.5 Å². The van der Waals surface area contributed by atoms with Crippen molar-refractivity contribution in [3.8, 4) is 11.5 Å². The van der Waals surface area contributed by atoms with E-state index < -0.39 is 31.9 Å². The van der Waals surface area contributed by atoms with Crippen molar-refractivity contribution < 1.29 is 35.9 Å². The Morgan fingerprint density at radius 1 is 0.714 bits per heavy atom. The molecule has 2 rings (SSSR count). The lowest BCUT2D eigenvalue weighted by atomic mass is 10.2. The molecule has 35 heavy (non-hydrogen) atoms. The van der Waals surface area contributed by atoms with E-state index in [-0.39, 0.29) is 34.5 Å². The molecule has 0 aliphatic rings. The molecule has 2 aromatic carbocycles. The van der Waals surface area contributed by atoms with Crippen molar-refractivity contribution in [1.29, 1.82) is 0 Å². The second-order valence-electron chi connectivity index (χ2n) is 7.38. The third-order valence-corrected chi connectivity index (χ3v) is 8.78. The van der Waals surface area contributed by atoms with Gasteiger partial charge < -0.3 is 9.47 Å². The van der Waals surface area contributed by atoms with E-state index in [0.717, 1.165) is 8.61 Å². The normalized spacial score (nSPS) is 11.5. The van der Waals surface area contributed by atoms with E-state index in [0.29, 0.717) is 23.3 Å². The summed E-state index contributed by atoms with van der Waals surface area (Å²) in [5, 5.41) is 0. The van der Waals surface area contributed by atoms with Gasteiger partial charge in [-0.15, -0.1) is 0 Å². The van der Waals surface area contributed by atoms with Crippen molar-refractivity contribution in [2.45, 2.75) is 25.4 Å². The van der Waals surface area contributed by atoms with Gasteiger partial charge in [-0.05, 0) is 12.1 Å². The number of carbonyl (C=O) groups excluding carboxylic acids is 2. The summed E-state index contributed by atoms with van der Waals surface area (Å²) in [7, 11) is -3.96. The maximum atomic E-state index is 12.5. The molecule has 10 nitrogen and oxygen atoms in total. The van der Waals surface area contributed by atoms with Crippen LogP contribution in [-0.2, 0) is 31.2 Å². The number of para-hydroxylation sites is 2. The van der Waals surface area contributed by atoms with Gasteiger partial charge in [0.15, 0.2) is 19.7 Å². The van der Waals surface area contributed by atoms with Crippen molar-refractivity contribution >= 4 is 44.0 Å². The van der Waals surface area contributed by atoms with E-state index in [1.165, 1.54) is 40.1 Å². The molecule has 2 aromatic rings. The van der Waals surface area contributed by atoms with E-state index in [9.17, 15) is 26.4 Å². The first kappa shape index (κ1) is 28.5. The number of sulfone groups is 2. The van der Waals surface area contributed by atoms with Crippen LogP contribution in [0.2, 0.25) is 0 Å². The standard InChI is InChI=1S/C22H28N2O8S3/c1-5-34(27,28)15-17-11-7-9-13-19(17)31-21(25)23(3)33-24(4)22(26)32-20-14-10-8-12-18(20)16-35(29,30)6-2/h7-14H,5-6,15-16H2,1-4H3. The van der Waals surface area contributed by atoms with Crippen LogP contribution in [-0.4, -0.2) is 63.2 Å². The van der Waals surface area contributed by atoms with Crippen LogP contribution >= 0.6 is 12.1 Å². The fraction of sp³-hybridized carbons (Fsp3) is 0.364. The fourth-order valence-corrected chi connectivity index (χ4v) is 5.10. The summed E-state index contributed by atoms with van der Waals surface area (Å²) in [6.07, 6.45) is -1.68. The fourth-order valence-electron chi connectivity index (χ4n) is 2.69. The van der Waals surface area contributed by atoms with Crippen molar-refractivity contribution in [1.82, 2.24) is 8.61 Å². The lowest BCUT2D eigenvalue weighted by Gasteiger charge is -2.22. The molecule has 0 saturated heterocycles. The summed E-state index contributed by atoms with van der Waals surface area (Å²) < 4.78 is 60.7. The van der Waals surface area contributed by atoms with Gasteiger partial charge in [0.05, 0.1) is 23.6 Å². The van der Waals surface area contributed by atoms with Crippen LogP contribution < -0.4 is 9.47 Å². The third-order valence-electron chi connectivity index (χ3n) is 4.73. The maximum absolute atomic E-state index is 12.5. The Morgan fingerprint density at radius 2 is 1.06 bits per heavy atom. The minimum atomic E-state index is -3.35. The maximum Gasteiger partial charge on any atom is 0.426 e. The molecule has 13 heteroatoms. The molecule has 0 heterocycles. The van der Waals surface area contributed by atoms with Crippen molar-refractivity contribution in [3.63, 3.8) is 0 Å². The molecule has 0 N–H and O–H groups in total. The zero-order valence-electron chi connectivity index (χ0n) is 19.8. The SMILES string of the molecule is CCS(=O)(=O)Cc1ccccc1OC(=O)N(C)SN(C)C(=O)Oc1ccccc1CS(=O)(=O)CC. The van der Waals surface area contributed by atoms with E-state index in [4.69, 9.17) is 9.47 Å². The number of hydrogen-bond acceptors (Lipinski definition) is 9. The summed E-state index contributed by atoms with van der Waals surface area (Å²) in [5.41, 5.74) is 0.681. The van der Waals surface area contributed by atoms with Gasteiger partial charge in [-0.1, -0.05) is 50.2 Å². The van der Waals surface area contributed by atoms with Gasteiger partial charge in [0.25, 0.3) is 0 Å². The molecule has 0 unspecified atom stereocenters. The van der Waals surface area contributed by atoms with E-state index >= 15 is 0 Å². The zero-order valence-corrected chi connectivity index (χ0v) is 22.3. The first-order valence-electron chi connectivity index (χ1n) is 10.5. The molecule has 0 aliphatic carbocycles. The molecule has 0 aliphatic heterocycles. The molecular formula is C22H28N2O8S3. The van der Waals surface area contributed by atoms with Gasteiger partial charge in [0.2, 0.25) is 0 Å². The highest BCUT2D eigenvalue weighted by Gasteiger charge is 2.23. The second-order valence-corrected chi connectivity index (χ2v) is 13.3. The molecule has 0 fully saturated rings. The van der Waals surface area contributed by atoms with Gasteiger partial charge >= 0.3 is 12.2 Å². The first-order chi connectivity index (χ1) is 16.4. The predicted molar refractivity (Wildman–Crippen MR) is 134 cm³/mol. The Labute approximate surface area is 210 Å². The van der Waals surface area contributed by atoms with Gasteiger partial charge in [-0.3, -0.25) is 0 Å².